The number of hydrogen-bond acceptors (Lipinski definition) is 6. The van der Waals surface area contributed by atoms with E-state index in [0.717, 1.165) is 27.2 Å². The highest BCUT2D eigenvalue weighted by atomic mass is 32.2. The second-order valence-electron chi connectivity index (χ2n) is 5.20. The number of hydrogen-bond donors (Lipinski definition) is 0. The molecule has 0 atom stereocenters. The molecule has 0 aliphatic heterocycles. The van der Waals surface area contributed by atoms with E-state index in [1.54, 1.807) is 14.0 Å². The average molecular weight is 354 g/mol. The molecule has 0 aliphatic rings. The topological polar surface area (TPSA) is 61.3 Å². The summed E-state index contributed by atoms with van der Waals surface area (Å²) in [7, 11) is 1.62. The number of carbonyl (C=O) groups is 1. The number of carbonyl (C=O) groups excluding carboxylic acids is 1. The quantitative estimate of drug-likeness (QED) is 0.379. The van der Waals surface area contributed by atoms with E-state index in [1.807, 2.05) is 48.5 Å². The molecular weight excluding hydrogens is 336 g/mol. The Hall–Kier alpha value is -2.60. The van der Waals surface area contributed by atoms with Gasteiger partial charge in [0, 0.05) is 10.9 Å². The van der Waals surface area contributed by atoms with Crippen LogP contribution in [0.4, 0.5) is 0 Å². The summed E-state index contributed by atoms with van der Waals surface area (Å²) >= 11 is 1.34. The van der Waals surface area contributed by atoms with Crippen molar-refractivity contribution in [2.75, 3.05) is 19.5 Å². The van der Waals surface area contributed by atoms with Crippen LogP contribution in [0.15, 0.2) is 53.6 Å². The van der Waals surface area contributed by atoms with Crippen molar-refractivity contribution in [2.24, 2.45) is 0 Å². The van der Waals surface area contributed by atoms with Crippen LogP contribution in [0.3, 0.4) is 0 Å². The number of thioether (sulfide) groups is 1. The fourth-order valence-corrected chi connectivity index (χ4v) is 3.17. The van der Waals surface area contributed by atoms with Gasteiger partial charge in [0.1, 0.15) is 10.8 Å². The van der Waals surface area contributed by atoms with Gasteiger partial charge in [-0.15, -0.1) is 0 Å². The number of esters is 1. The summed E-state index contributed by atoms with van der Waals surface area (Å²) in [6.07, 6.45) is 0. The van der Waals surface area contributed by atoms with Crippen molar-refractivity contribution >= 4 is 28.6 Å². The zero-order valence-corrected chi connectivity index (χ0v) is 14.9. The van der Waals surface area contributed by atoms with Gasteiger partial charge in [0.05, 0.1) is 25.0 Å². The monoisotopic (exact) mass is 354 g/mol. The lowest BCUT2D eigenvalue weighted by Crippen LogP contribution is -2.07. The number of fused-ring (bicyclic) bond motifs is 1. The molecule has 0 saturated carbocycles. The van der Waals surface area contributed by atoms with Gasteiger partial charge < -0.3 is 9.47 Å². The first-order valence-corrected chi connectivity index (χ1v) is 8.89. The molecule has 128 valence electrons. The molecule has 0 amide bonds. The average Bonchev–Trinajstić information content (AvgIpc) is 2.66. The van der Waals surface area contributed by atoms with Crippen molar-refractivity contribution in [2.45, 2.75) is 11.9 Å². The van der Waals surface area contributed by atoms with Crippen LogP contribution in [0.25, 0.3) is 22.3 Å². The molecule has 2 aromatic carbocycles. The van der Waals surface area contributed by atoms with Crippen molar-refractivity contribution < 1.29 is 14.3 Å². The van der Waals surface area contributed by atoms with Crippen molar-refractivity contribution in [3.63, 3.8) is 0 Å². The number of rotatable bonds is 6. The SMILES string of the molecule is CCOC(=O)CSc1nc(-c2ccccc2)nc2ccc(OC)cc12. The van der Waals surface area contributed by atoms with E-state index in [2.05, 4.69) is 9.97 Å². The number of nitrogens with zero attached hydrogens (tertiary/aromatic N) is 2. The van der Waals surface area contributed by atoms with E-state index >= 15 is 0 Å². The summed E-state index contributed by atoms with van der Waals surface area (Å²) < 4.78 is 10.3. The number of aromatic nitrogens is 2. The Morgan fingerprint density at radius 1 is 1.12 bits per heavy atom. The molecule has 0 aliphatic carbocycles. The highest BCUT2D eigenvalue weighted by Gasteiger charge is 2.13. The molecule has 0 fully saturated rings. The van der Waals surface area contributed by atoms with Gasteiger partial charge in [0.15, 0.2) is 5.82 Å². The number of benzene rings is 2. The zero-order valence-electron chi connectivity index (χ0n) is 14.1. The van der Waals surface area contributed by atoms with Crippen molar-refractivity contribution in [3.05, 3.63) is 48.5 Å². The minimum absolute atomic E-state index is 0.200. The third-order valence-electron chi connectivity index (χ3n) is 3.53. The summed E-state index contributed by atoms with van der Waals surface area (Å²) in [5.41, 5.74) is 1.74. The fraction of sp³-hybridized carbons (Fsp3) is 0.211. The number of ether oxygens (including phenoxy) is 2. The summed E-state index contributed by atoms with van der Waals surface area (Å²) in [5.74, 6) is 1.29. The van der Waals surface area contributed by atoms with Crippen LogP contribution in [0.2, 0.25) is 0 Å². The minimum Gasteiger partial charge on any atom is -0.497 e. The molecule has 0 saturated heterocycles. The standard InChI is InChI=1S/C19H18N2O3S/c1-3-24-17(22)12-25-19-15-11-14(23-2)9-10-16(15)20-18(21-19)13-7-5-4-6-8-13/h4-11H,3,12H2,1-2H3. The van der Waals surface area contributed by atoms with Gasteiger partial charge in [-0.1, -0.05) is 42.1 Å². The maximum absolute atomic E-state index is 11.7. The zero-order chi connectivity index (χ0) is 17.6. The molecule has 6 heteroatoms. The second kappa shape index (κ2) is 7.98. The molecule has 1 aromatic heterocycles. The minimum atomic E-state index is -0.261. The third kappa shape index (κ3) is 4.09. The van der Waals surface area contributed by atoms with Crippen LogP contribution >= 0.6 is 11.8 Å². The van der Waals surface area contributed by atoms with Crippen molar-refractivity contribution in [1.29, 1.82) is 0 Å². The van der Waals surface area contributed by atoms with E-state index in [-0.39, 0.29) is 11.7 Å². The van der Waals surface area contributed by atoms with Gasteiger partial charge in [0.2, 0.25) is 0 Å². The maximum atomic E-state index is 11.7. The molecule has 0 radical (unpaired) electrons. The van der Waals surface area contributed by atoms with Crippen molar-refractivity contribution in [1.82, 2.24) is 9.97 Å². The molecule has 0 spiro atoms. The van der Waals surface area contributed by atoms with Crippen LogP contribution in [0.1, 0.15) is 6.92 Å². The Labute approximate surface area is 150 Å². The molecule has 25 heavy (non-hydrogen) atoms. The molecule has 3 rings (SSSR count). The van der Waals surface area contributed by atoms with E-state index in [1.165, 1.54) is 11.8 Å². The first kappa shape index (κ1) is 17.2. The first-order chi connectivity index (χ1) is 12.2. The summed E-state index contributed by atoms with van der Waals surface area (Å²) in [5, 5.41) is 1.59. The Bertz CT molecular complexity index is 884. The third-order valence-corrected chi connectivity index (χ3v) is 4.50. The van der Waals surface area contributed by atoms with Crippen LogP contribution in [0.5, 0.6) is 5.75 Å². The Morgan fingerprint density at radius 2 is 1.92 bits per heavy atom. The Balaban J connectivity index is 2.04. The molecule has 0 bridgehead atoms. The highest BCUT2D eigenvalue weighted by Crippen LogP contribution is 2.30. The normalized spacial score (nSPS) is 10.6. The van der Waals surface area contributed by atoms with Gasteiger partial charge in [-0.05, 0) is 25.1 Å². The molecule has 0 N–H and O–H groups in total. The highest BCUT2D eigenvalue weighted by molar-refractivity contribution is 8.00. The molecule has 0 unspecified atom stereocenters. The summed E-state index contributed by atoms with van der Waals surface area (Å²) in [4.78, 5) is 21.0. The molecule has 3 aromatic rings. The first-order valence-electron chi connectivity index (χ1n) is 7.91. The molecular formula is C19H18N2O3S. The lowest BCUT2D eigenvalue weighted by atomic mass is 10.2. The fourth-order valence-electron chi connectivity index (χ4n) is 2.36. The smallest absolute Gasteiger partial charge is 0.316 e. The Morgan fingerprint density at radius 3 is 2.64 bits per heavy atom. The maximum Gasteiger partial charge on any atom is 0.316 e. The largest absolute Gasteiger partial charge is 0.497 e. The van der Waals surface area contributed by atoms with Crippen LogP contribution < -0.4 is 4.74 Å². The van der Waals surface area contributed by atoms with Gasteiger partial charge in [0.25, 0.3) is 0 Å². The van der Waals surface area contributed by atoms with Crippen molar-refractivity contribution in [3.8, 4) is 17.1 Å². The lowest BCUT2D eigenvalue weighted by Gasteiger charge is -2.10. The second-order valence-corrected chi connectivity index (χ2v) is 6.16. The van der Waals surface area contributed by atoms with Gasteiger partial charge in [-0.3, -0.25) is 4.79 Å². The van der Waals surface area contributed by atoms with Gasteiger partial charge in [-0.2, -0.15) is 0 Å². The predicted octanol–water partition coefficient (Wildman–Crippen LogP) is 3.96. The van der Waals surface area contributed by atoms with E-state index in [9.17, 15) is 4.79 Å². The van der Waals surface area contributed by atoms with E-state index in [0.29, 0.717) is 12.4 Å². The molecule has 5 nitrogen and oxygen atoms in total. The van der Waals surface area contributed by atoms with Gasteiger partial charge in [-0.25, -0.2) is 9.97 Å². The van der Waals surface area contributed by atoms with Crippen LogP contribution in [-0.4, -0.2) is 35.4 Å². The van der Waals surface area contributed by atoms with E-state index < -0.39 is 0 Å². The predicted molar refractivity (Wildman–Crippen MR) is 98.9 cm³/mol. The number of methoxy groups -OCH3 is 1. The summed E-state index contributed by atoms with van der Waals surface area (Å²) in [6.45, 7) is 2.16. The Kier molecular flexibility index (Phi) is 5.50. The van der Waals surface area contributed by atoms with E-state index in [4.69, 9.17) is 9.47 Å². The van der Waals surface area contributed by atoms with Crippen LogP contribution in [-0.2, 0) is 9.53 Å². The van der Waals surface area contributed by atoms with Gasteiger partial charge >= 0.3 is 5.97 Å². The molecule has 1 heterocycles. The summed E-state index contributed by atoms with van der Waals surface area (Å²) in [6, 6.07) is 15.4. The lowest BCUT2D eigenvalue weighted by molar-refractivity contribution is -0.139. The van der Waals surface area contributed by atoms with Crippen LogP contribution in [0, 0.1) is 0 Å².